The number of aliphatic hydroxyl groups is 1. The van der Waals surface area contributed by atoms with E-state index in [0.29, 0.717) is 6.61 Å². The van der Waals surface area contributed by atoms with Gasteiger partial charge < -0.3 is 20.3 Å². The van der Waals surface area contributed by atoms with Gasteiger partial charge in [-0.1, -0.05) is 19.1 Å². The van der Waals surface area contributed by atoms with Crippen molar-refractivity contribution < 1.29 is 14.6 Å². The lowest BCUT2D eigenvalue weighted by Crippen LogP contribution is -2.44. The summed E-state index contributed by atoms with van der Waals surface area (Å²) in [5, 5.41) is 9.64. The van der Waals surface area contributed by atoms with E-state index in [-0.39, 0.29) is 12.0 Å². The quantitative estimate of drug-likeness (QED) is 0.804. The van der Waals surface area contributed by atoms with E-state index in [9.17, 15) is 5.11 Å². The van der Waals surface area contributed by atoms with E-state index in [2.05, 4.69) is 6.92 Å². The van der Waals surface area contributed by atoms with Crippen molar-refractivity contribution in [3.05, 3.63) is 29.8 Å². The molecule has 0 aromatic heterocycles. The molecule has 1 atom stereocenters. The summed E-state index contributed by atoms with van der Waals surface area (Å²) in [6.07, 6.45) is -0.624. The number of nitrogens with two attached hydrogens (primary N) is 1. The smallest absolute Gasteiger partial charge is 0.119 e. The minimum Gasteiger partial charge on any atom is -0.493 e. The predicted octanol–water partition coefficient (Wildman–Crippen LogP) is 1.09. The standard InChI is InChI=1S/C13H19NO3/c1-13(7-16-8-13)9-17-11-4-2-3-10(5-11)12(15)6-14/h2-5,12,15H,6-9,14H2,1H3. The van der Waals surface area contributed by atoms with E-state index in [1.807, 2.05) is 24.3 Å². The Labute approximate surface area is 101 Å². The topological polar surface area (TPSA) is 64.7 Å². The van der Waals surface area contributed by atoms with E-state index in [1.54, 1.807) is 0 Å². The van der Waals surface area contributed by atoms with Gasteiger partial charge >= 0.3 is 0 Å². The Bertz CT molecular complexity index is 377. The van der Waals surface area contributed by atoms with Crippen LogP contribution in [0.1, 0.15) is 18.6 Å². The minimum absolute atomic E-state index is 0.127. The number of benzene rings is 1. The maximum Gasteiger partial charge on any atom is 0.119 e. The Morgan fingerprint density at radius 1 is 1.53 bits per heavy atom. The van der Waals surface area contributed by atoms with Gasteiger partial charge in [0.1, 0.15) is 5.75 Å². The monoisotopic (exact) mass is 237 g/mol. The molecule has 17 heavy (non-hydrogen) atoms. The first kappa shape index (κ1) is 12.4. The van der Waals surface area contributed by atoms with E-state index < -0.39 is 6.10 Å². The van der Waals surface area contributed by atoms with Crippen molar-refractivity contribution in [2.75, 3.05) is 26.4 Å². The SMILES string of the molecule is CC1(COc2cccc(C(O)CN)c2)COC1. The zero-order chi connectivity index (χ0) is 12.3. The molecule has 1 aromatic rings. The van der Waals surface area contributed by atoms with Gasteiger partial charge in [-0.25, -0.2) is 0 Å². The lowest BCUT2D eigenvalue weighted by molar-refractivity contribution is -0.120. The van der Waals surface area contributed by atoms with Gasteiger partial charge in [0.2, 0.25) is 0 Å². The average Bonchev–Trinajstić information content (AvgIpc) is 2.33. The second-order valence-electron chi connectivity index (χ2n) is 4.92. The van der Waals surface area contributed by atoms with Crippen molar-refractivity contribution >= 4 is 0 Å². The third-order valence-electron chi connectivity index (χ3n) is 2.95. The molecule has 94 valence electrons. The van der Waals surface area contributed by atoms with E-state index in [1.165, 1.54) is 0 Å². The summed E-state index contributed by atoms with van der Waals surface area (Å²) in [6.45, 7) is 4.48. The fourth-order valence-electron chi connectivity index (χ4n) is 1.74. The summed E-state index contributed by atoms with van der Waals surface area (Å²) >= 11 is 0. The van der Waals surface area contributed by atoms with Crippen LogP contribution in [0.2, 0.25) is 0 Å². The molecule has 1 aliphatic rings. The maximum absolute atomic E-state index is 9.64. The largest absolute Gasteiger partial charge is 0.493 e. The van der Waals surface area contributed by atoms with Crippen molar-refractivity contribution in [2.45, 2.75) is 13.0 Å². The van der Waals surface area contributed by atoms with Crippen LogP contribution in [0.3, 0.4) is 0 Å². The number of hydrogen-bond donors (Lipinski definition) is 2. The third-order valence-corrected chi connectivity index (χ3v) is 2.95. The first-order valence-corrected chi connectivity index (χ1v) is 5.82. The van der Waals surface area contributed by atoms with Crippen LogP contribution >= 0.6 is 0 Å². The van der Waals surface area contributed by atoms with Crippen LogP contribution < -0.4 is 10.5 Å². The van der Waals surface area contributed by atoms with Crippen LogP contribution in [0, 0.1) is 5.41 Å². The van der Waals surface area contributed by atoms with Crippen LogP contribution in [0.5, 0.6) is 5.75 Å². The maximum atomic E-state index is 9.64. The molecule has 3 N–H and O–H groups in total. The summed E-state index contributed by atoms with van der Waals surface area (Å²) in [5.41, 5.74) is 6.34. The Kier molecular flexibility index (Phi) is 3.66. The number of ether oxygens (including phenoxy) is 2. The Morgan fingerprint density at radius 2 is 2.29 bits per heavy atom. The molecule has 4 heteroatoms. The average molecular weight is 237 g/mol. The lowest BCUT2D eigenvalue weighted by Gasteiger charge is -2.37. The van der Waals surface area contributed by atoms with Crippen LogP contribution in [-0.4, -0.2) is 31.5 Å². The molecule has 2 rings (SSSR count). The van der Waals surface area contributed by atoms with Crippen molar-refractivity contribution in [3.63, 3.8) is 0 Å². The van der Waals surface area contributed by atoms with Crippen molar-refractivity contribution in [1.29, 1.82) is 0 Å². The van der Waals surface area contributed by atoms with Crippen LogP contribution in [0.4, 0.5) is 0 Å². The molecule has 0 aliphatic carbocycles. The van der Waals surface area contributed by atoms with Gasteiger partial charge in [-0.3, -0.25) is 0 Å². The number of aliphatic hydroxyl groups excluding tert-OH is 1. The zero-order valence-corrected chi connectivity index (χ0v) is 10.1. The van der Waals surface area contributed by atoms with Crippen LogP contribution in [-0.2, 0) is 4.74 Å². The van der Waals surface area contributed by atoms with Gasteiger partial charge in [-0.05, 0) is 17.7 Å². The second kappa shape index (κ2) is 5.04. The number of hydrogen-bond acceptors (Lipinski definition) is 4. The molecule has 0 amide bonds. The molecular formula is C13H19NO3. The first-order chi connectivity index (χ1) is 8.13. The molecule has 1 aliphatic heterocycles. The van der Waals surface area contributed by atoms with Crippen molar-refractivity contribution in [1.82, 2.24) is 0 Å². The Hall–Kier alpha value is -1.10. The van der Waals surface area contributed by atoms with Gasteiger partial charge in [0.25, 0.3) is 0 Å². The van der Waals surface area contributed by atoms with Gasteiger partial charge in [0.05, 0.1) is 25.9 Å². The van der Waals surface area contributed by atoms with Gasteiger partial charge in [-0.2, -0.15) is 0 Å². The number of rotatable bonds is 5. The summed E-state index contributed by atoms with van der Waals surface area (Å²) < 4.78 is 10.9. The fraction of sp³-hybridized carbons (Fsp3) is 0.538. The first-order valence-electron chi connectivity index (χ1n) is 5.82. The molecule has 0 radical (unpaired) electrons. The molecule has 0 bridgehead atoms. The molecule has 1 aromatic carbocycles. The lowest BCUT2D eigenvalue weighted by atomic mass is 9.90. The summed E-state index contributed by atoms with van der Waals surface area (Å²) in [7, 11) is 0. The summed E-state index contributed by atoms with van der Waals surface area (Å²) in [4.78, 5) is 0. The molecule has 0 saturated carbocycles. The van der Waals surface area contributed by atoms with Gasteiger partial charge in [0.15, 0.2) is 0 Å². The molecule has 1 saturated heterocycles. The molecular weight excluding hydrogens is 218 g/mol. The van der Waals surface area contributed by atoms with E-state index in [4.69, 9.17) is 15.2 Å². The molecule has 4 nitrogen and oxygen atoms in total. The zero-order valence-electron chi connectivity index (χ0n) is 10.1. The fourth-order valence-corrected chi connectivity index (χ4v) is 1.74. The molecule has 0 spiro atoms. The van der Waals surface area contributed by atoms with E-state index in [0.717, 1.165) is 24.5 Å². The van der Waals surface area contributed by atoms with Crippen molar-refractivity contribution in [3.8, 4) is 5.75 Å². The van der Waals surface area contributed by atoms with Crippen LogP contribution in [0.15, 0.2) is 24.3 Å². The molecule has 1 heterocycles. The van der Waals surface area contributed by atoms with E-state index >= 15 is 0 Å². The predicted molar refractivity (Wildman–Crippen MR) is 64.9 cm³/mol. The highest BCUT2D eigenvalue weighted by atomic mass is 16.5. The summed E-state index contributed by atoms with van der Waals surface area (Å²) in [6, 6.07) is 7.43. The Morgan fingerprint density at radius 3 is 2.88 bits per heavy atom. The van der Waals surface area contributed by atoms with Crippen molar-refractivity contribution in [2.24, 2.45) is 11.1 Å². The third kappa shape index (κ3) is 2.97. The van der Waals surface area contributed by atoms with Gasteiger partial charge in [0, 0.05) is 12.0 Å². The highest BCUT2D eigenvalue weighted by Gasteiger charge is 2.34. The molecule has 1 unspecified atom stereocenters. The second-order valence-corrected chi connectivity index (χ2v) is 4.92. The Balaban J connectivity index is 1.96. The summed E-state index contributed by atoms with van der Waals surface area (Å²) in [5.74, 6) is 0.767. The van der Waals surface area contributed by atoms with Gasteiger partial charge in [-0.15, -0.1) is 0 Å². The normalized spacial score (nSPS) is 19.5. The van der Waals surface area contributed by atoms with Crippen LogP contribution in [0.25, 0.3) is 0 Å². The highest BCUT2D eigenvalue weighted by molar-refractivity contribution is 5.30. The molecule has 1 fully saturated rings. The highest BCUT2D eigenvalue weighted by Crippen LogP contribution is 2.28. The minimum atomic E-state index is -0.624.